The number of benzene rings is 1. The molecule has 0 saturated carbocycles. The van der Waals surface area contributed by atoms with E-state index in [0.29, 0.717) is 11.6 Å². The topological polar surface area (TPSA) is 66.4 Å². The van der Waals surface area contributed by atoms with Crippen LogP contribution in [0.4, 0.5) is 14.5 Å². The first-order chi connectivity index (χ1) is 9.76. The molecule has 1 aromatic carbocycles. The Bertz CT molecular complexity index is 790. The van der Waals surface area contributed by atoms with Gasteiger partial charge in [0.25, 0.3) is 10.0 Å². The highest BCUT2D eigenvalue weighted by Gasteiger charge is 2.24. The van der Waals surface area contributed by atoms with E-state index in [1.165, 1.54) is 0 Å². The molecule has 2 N–H and O–H groups in total. The molecule has 0 saturated heterocycles. The fourth-order valence-electron chi connectivity index (χ4n) is 1.75. The Labute approximate surface area is 132 Å². The van der Waals surface area contributed by atoms with Gasteiger partial charge in [0, 0.05) is 6.07 Å². The summed E-state index contributed by atoms with van der Waals surface area (Å²) in [6.07, 6.45) is 0. The first kappa shape index (κ1) is 16.3. The summed E-state index contributed by atoms with van der Waals surface area (Å²) in [5.41, 5.74) is 0.0656. The van der Waals surface area contributed by atoms with Crippen LogP contribution in [-0.4, -0.2) is 13.5 Å². The number of anilines is 1. The highest BCUT2D eigenvalue weighted by atomic mass is 79.9. The minimum Gasteiger partial charge on any atom is -0.391 e. The zero-order valence-electron chi connectivity index (χ0n) is 10.7. The summed E-state index contributed by atoms with van der Waals surface area (Å²) in [4.78, 5) is 0.163. The fourth-order valence-corrected chi connectivity index (χ4v) is 4.82. The lowest BCUT2D eigenvalue weighted by Crippen LogP contribution is -2.16. The second-order valence-corrected chi connectivity index (χ2v) is 7.62. The molecular formula is C12H10BrF2NO3S2. The number of aryl methyl sites for hydroxylation is 1. The van der Waals surface area contributed by atoms with Crippen molar-refractivity contribution in [2.75, 3.05) is 4.72 Å². The number of halogens is 3. The number of hydrogen-bond donors (Lipinski definition) is 2. The third-order valence-electron chi connectivity index (χ3n) is 2.66. The third-order valence-corrected chi connectivity index (χ3v) is 6.08. The van der Waals surface area contributed by atoms with Crippen LogP contribution < -0.4 is 4.72 Å². The van der Waals surface area contributed by atoms with Gasteiger partial charge in [0.2, 0.25) is 0 Å². The van der Waals surface area contributed by atoms with Crippen LogP contribution in [0.15, 0.2) is 26.9 Å². The van der Waals surface area contributed by atoms with Gasteiger partial charge >= 0.3 is 0 Å². The molecule has 1 heterocycles. The molecule has 2 rings (SSSR count). The Morgan fingerprint density at radius 2 is 2.00 bits per heavy atom. The molecule has 0 fully saturated rings. The molecule has 0 aliphatic heterocycles. The van der Waals surface area contributed by atoms with Gasteiger partial charge in [-0.2, -0.15) is 0 Å². The van der Waals surface area contributed by atoms with E-state index in [1.54, 1.807) is 12.3 Å². The molecule has 0 aliphatic rings. The van der Waals surface area contributed by atoms with Crippen molar-refractivity contribution >= 4 is 43.0 Å². The maximum atomic E-state index is 13.7. The third kappa shape index (κ3) is 3.25. The van der Waals surface area contributed by atoms with Crippen LogP contribution in [0.2, 0.25) is 0 Å². The van der Waals surface area contributed by atoms with Crippen LogP contribution in [0.5, 0.6) is 0 Å². The van der Waals surface area contributed by atoms with Crippen molar-refractivity contribution in [1.82, 2.24) is 0 Å². The Morgan fingerprint density at radius 1 is 1.33 bits per heavy atom. The van der Waals surface area contributed by atoms with Gasteiger partial charge < -0.3 is 5.11 Å². The van der Waals surface area contributed by atoms with Gasteiger partial charge in [-0.3, -0.25) is 4.72 Å². The number of nitrogens with one attached hydrogen (secondary N) is 1. The molecule has 114 valence electrons. The molecule has 0 radical (unpaired) electrons. The molecule has 2 aromatic rings. The molecule has 0 atom stereocenters. The van der Waals surface area contributed by atoms with Gasteiger partial charge in [-0.05, 0) is 39.9 Å². The summed E-state index contributed by atoms with van der Waals surface area (Å²) in [5, 5.41) is 10.8. The predicted molar refractivity (Wildman–Crippen MR) is 79.8 cm³/mol. The SMILES string of the molecule is Cc1csc(CO)c1S(=O)(=O)Nc1cc(Br)c(F)cc1F. The standard InChI is InChI=1S/C12H10BrF2NO3S2/c1-6-5-20-11(4-17)12(6)21(18,19)16-10-2-7(13)8(14)3-9(10)15/h2-3,5,16-17H,4H2,1H3. The normalized spacial score (nSPS) is 11.7. The molecule has 0 bridgehead atoms. The van der Waals surface area contributed by atoms with Gasteiger partial charge in [-0.1, -0.05) is 0 Å². The van der Waals surface area contributed by atoms with Crippen molar-refractivity contribution in [3.63, 3.8) is 0 Å². The molecule has 0 spiro atoms. The largest absolute Gasteiger partial charge is 0.391 e. The molecule has 0 amide bonds. The molecule has 4 nitrogen and oxygen atoms in total. The molecule has 9 heteroatoms. The Hall–Kier alpha value is -1.03. The summed E-state index contributed by atoms with van der Waals surface area (Å²) in [6, 6.07) is 1.58. The van der Waals surface area contributed by atoms with Crippen LogP contribution in [-0.2, 0) is 16.6 Å². The lowest BCUT2D eigenvalue weighted by Gasteiger charge is -2.11. The van der Waals surface area contributed by atoms with E-state index in [-0.39, 0.29) is 19.9 Å². The van der Waals surface area contributed by atoms with Crippen LogP contribution in [0.1, 0.15) is 10.4 Å². The van der Waals surface area contributed by atoms with Crippen LogP contribution in [0.3, 0.4) is 0 Å². The van der Waals surface area contributed by atoms with Gasteiger partial charge in [0.05, 0.1) is 21.6 Å². The molecular weight excluding hydrogens is 388 g/mol. The summed E-state index contributed by atoms with van der Waals surface area (Å²) in [5.74, 6) is -1.86. The monoisotopic (exact) mass is 397 g/mol. The summed E-state index contributed by atoms with van der Waals surface area (Å²) in [6.45, 7) is 1.13. The van der Waals surface area contributed by atoms with Crippen molar-refractivity contribution in [1.29, 1.82) is 0 Å². The second kappa shape index (κ2) is 5.99. The van der Waals surface area contributed by atoms with Gasteiger partial charge in [0.1, 0.15) is 16.5 Å². The Kier molecular flexibility index (Phi) is 4.66. The van der Waals surface area contributed by atoms with Crippen molar-refractivity contribution in [2.45, 2.75) is 18.4 Å². The van der Waals surface area contributed by atoms with Crippen molar-refractivity contribution in [3.8, 4) is 0 Å². The van der Waals surface area contributed by atoms with E-state index in [1.807, 2.05) is 0 Å². The van der Waals surface area contributed by atoms with E-state index in [2.05, 4.69) is 20.7 Å². The molecule has 21 heavy (non-hydrogen) atoms. The first-order valence-electron chi connectivity index (χ1n) is 5.61. The van der Waals surface area contributed by atoms with Crippen LogP contribution in [0.25, 0.3) is 0 Å². The van der Waals surface area contributed by atoms with E-state index in [0.717, 1.165) is 17.4 Å². The fraction of sp³-hybridized carbons (Fsp3) is 0.167. The van der Waals surface area contributed by atoms with Crippen molar-refractivity contribution in [3.05, 3.63) is 44.1 Å². The van der Waals surface area contributed by atoms with E-state index < -0.39 is 28.3 Å². The first-order valence-corrected chi connectivity index (χ1v) is 8.77. The van der Waals surface area contributed by atoms with E-state index >= 15 is 0 Å². The van der Waals surface area contributed by atoms with Gasteiger partial charge in [-0.25, -0.2) is 17.2 Å². The summed E-state index contributed by atoms with van der Waals surface area (Å²) < 4.78 is 53.4. The zero-order chi connectivity index (χ0) is 15.8. The van der Waals surface area contributed by atoms with Crippen LogP contribution in [0, 0.1) is 18.6 Å². The number of aliphatic hydroxyl groups is 1. The zero-order valence-corrected chi connectivity index (χ0v) is 13.9. The maximum Gasteiger partial charge on any atom is 0.263 e. The number of sulfonamides is 1. The average molecular weight is 398 g/mol. The van der Waals surface area contributed by atoms with E-state index in [4.69, 9.17) is 0 Å². The quantitative estimate of drug-likeness (QED) is 0.776. The lowest BCUT2D eigenvalue weighted by atomic mass is 10.3. The lowest BCUT2D eigenvalue weighted by molar-refractivity contribution is 0.282. The van der Waals surface area contributed by atoms with Crippen molar-refractivity contribution in [2.24, 2.45) is 0 Å². The van der Waals surface area contributed by atoms with Crippen LogP contribution >= 0.6 is 27.3 Å². The molecule has 0 aliphatic carbocycles. The average Bonchev–Trinajstić information content (AvgIpc) is 2.77. The molecule has 0 unspecified atom stereocenters. The minimum absolute atomic E-state index is 0.0639. The number of thiophene rings is 1. The smallest absolute Gasteiger partial charge is 0.263 e. The van der Waals surface area contributed by atoms with Gasteiger partial charge in [0.15, 0.2) is 0 Å². The number of hydrogen-bond acceptors (Lipinski definition) is 4. The predicted octanol–water partition coefficient (Wildman–Crippen LogP) is 3.39. The maximum absolute atomic E-state index is 13.7. The van der Waals surface area contributed by atoms with Crippen molar-refractivity contribution < 1.29 is 22.3 Å². The summed E-state index contributed by atoms with van der Waals surface area (Å²) >= 11 is 3.96. The Balaban J connectivity index is 2.47. The number of rotatable bonds is 4. The second-order valence-electron chi connectivity index (χ2n) is 4.18. The van der Waals surface area contributed by atoms with Gasteiger partial charge in [-0.15, -0.1) is 11.3 Å². The summed E-state index contributed by atoms with van der Waals surface area (Å²) in [7, 11) is -4.08. The minimum atomic E-state index is -4.08. The highest BCUT2D eigenvalue weighted by molar-refractivity contribution is 9.10. The number of aliphatic hydroxyl groups excluding tert-OH is 1. The van der Waals surface area contributed by atoms with E-state index in [9.17, 15) is 22.3 Å². The molecule has 1 aromatic heterocycles. The highest BCUT2D eigenvalue weighted by Crippen LogP contribution is 2.30. The Morgan fingerprint density at radius 3 is 2.62 bits per heavy atom.